The highest BCUT2D eigenvalue weighted by Crippen LogP contribution is 2.21. The van der Waals surface area contributed by atoms with Crippen molar-refractivity contribution in [2.45, 2.75) is 26.3 Å². The Morgan fingerprint density at radius 1 is 1.50 bits per heavy atom. The average Bonchev–Trinajstić information content (AvgIpc) is 2.96. The quantitative estimate of drug-likeness (QED) is 0.834. The van der Waals surface area contributed by atoms with Crippen LogP contribution in [0.25, 0.3) is 0 Å². The number of aromatic nitrogens is 2. The van der Waals surface area contributed by atoms with Crippen LogP contribution in [0.1, 0.15) is 24.1 Å². The van der Waals surface area contributed by atoms with Crippen molar-refractivity contribution in [1.82, 2.24) is 15.1 Å². The first kappa shape index (κ1) is 13.4. The molecular formula is C13H18BrN3O. The Labute approximate surface area is 115 Å². The van der Waals surface area contributed by atoms with E-state index in [1.807, 2.05) is 23.9 Å². The Hall–Kier alpha value is -1.07. The van der Waals surface area contributed by atoms with Gasteiger partial charge in [0.15, 0.2) is 0 Å². The first-order valence-electron chi connectivity index (χ1n) is 6.15. The van der Waals surface area contributed by atoms with Gasteiger partial charge in [0.2, 0.25) is 0 Å². The van der Waals surface area contributed by atoms with Crippen LogP contribution < -0.4 is 5.32 Å². The van der Waals surface area contributed by atoms with Crippen molar-refractivity contribution < 1.29 is 4.42 Å². The maximum Gasteiger partial charge on any atom is 0.105 e. The van der Waals surface area contributed by atoms with Gasteiger partial charge >= 0.3 is 0 Å². The summed E-state index contributed by atoms with van der Waals surface area (Å²) in [5.74, 6) is 1.01. The molecule has 0 atom stereocenters. The molecule has 0 saturated heterocycles. The average molecular weight is 312 g/mol. The molecule has 1 N–H and O–H groups in total. The third-order valence-electron chi connectivity index (χ3n) is 2.92. The van der Waals surface area contributed by atoms with Crippen LogP contribution in [0.2, 0.25) is 0 Å². The minimum absolute atomic E-state index is 0.810. The predicted octanol–water partition coefficient (Wildman–Crippen LogP) is 2.67. The maximum atomic E-state index is 5.29. The van der Waals surface area contributed by atoms with Crippen LogP contribution in [0, 0.1) is 0 Å². The molecule has 18 heavy (non-hydrogen) atoms. The van der Waals surface area contributed by atoms with E-state index in [4.69, 9.17) is 4.42 Å². The van der Waals surface area contributed by atoms with Crippen molar-refractivity contribution in [3.8, 4) is 0 Å². The van der Waals surface area contributed by atoms with Crippen LogP contribution in [0.3, 0.4) is 0 Å². The summed E-state index contributed by atoms with van der Waals surface area (Å²) < 4.78 is 8.34. The summed E-state index contributed by atoms with van der Waals surface area (Å²) in [5.41, 5.74) is 2.30. The van der Waals surface area contributed by atoms with E-state index < -0.39 is 0 Å². The second-order valence-corrected chi connectivity index (χ2v) is 4.98. The molecule has 0 fully saturated rings. The fourth-order valence-electron chi connectivity index (χ4n) is 1.89. The largest absolute Gasteiger partial charge is 0.469 e. The summed E-state index contributed by atoms with van der Waals surface area (Å²) in [7, 11) is 1.98. The first-order chi connectivity index (χ1) is 8.72. The SMILES string of the molecule is CCc1nn(C)c(CNCCc2ccco2)c1Br. The van der Waals surface area contributed by atoms with Crippen LogP contribution in [-0.4, -0.2) is 16.3 Å². The zero-order chi connectivity index (χ0) is 13.0. The minimum Gasteiger partial charge on any atom is -0.469 e. The zero-order valence-corrected chi connectivity index (χ0v) is 12.3. The van der Waals surface area contributed by atoms with E-state index >= 15 is 0 Å². The van der Waals surface area contributed by atoms with E-state index in [0.717, 1.165) is 41.9 Å². The topological polar surface area (TPSA) is 43.0 Å². The van der Waals surface area contributed by atoms with Gasteiger partial charge in [-0.15, -0.1) is 0 Å². The fraction of sp³-hybridized carbons (Fsp3) is 0.462. The molecule has 0 aliphatic carbocycles. The van der Waals surface area contributed by atoms with Crippen molar-refractivity contribution >= 4 is 15.9 Å². The number of nitrogens with zero attached hydrogens (tertiary/aromatic N) is 2. The summed E-state index contributed by atoms with van der Waals surface area (Å²) in [5, 5.41) is 7.88. The highest BCUT2D eigenvalue weighted by Gasteiger charge is 2.11. The lowest BCUT2D eigenvalue weighted by atomic mass is 10.3. The van der Waals surface area contributed by atoms with Gasteiger partial charge in [-0.3, -0.25) is 4.68 Å². The monoisotopic (exact) mass is 311 g/mol. The van der Waals surface area contributed by atoms with Crippen LogP contribution in [0.15, 0.2) is 27.3 Å². The van der Waals surface area contributed by atoms with E-state index in [9.17, 15) is 0 Å². The van der Waals surface area contributed by atoms with Crippen LogP contribution in [-0.2, 0) is 26.4 Å². The number of hydrogen-bond donors (Lipinski definition) is 1. The molecular weight excluding hydrogens is 294 g/mol. The fourth-order valence-corrected chi connectivity index (χ4v) is 2.64. The molecule has 5 heteroatoms. The second-order valence-electron chi connectivity index (χ2n) is 4.19. The van der Waals surface area contributed by atoms with Gasteiger partial charge in [0.1, 0.15) is 5.76 Å². The van der Waals surface area contributed by atoms with E-state index in [0.29, 0.717) is 0 Å². The molecule has 2 aromatic heterocycles. The molecule has 4 nitrogen and oxygen atoms in total. The van der Waals surface area contributed by atoms with Crippen molar-refractivity contribution in [2.24, 2.45) is 7.05 Å². The molecule has 0 unspecified atom stereocenters. The third kappa shape index (κ3) is 3.03. The summed E-state index contributed by atoms with van der Waals surface area (Å²) in [6, 6.07) is 3.91. The van der Waals surface area contributed by atoms with Gasteiger partial charge in [-0.1, -0.05) is 6.92 Å². The summed E-state index contributed by atoms with van der Waals surface area (Å²) in [6.07, 6.45) is 3.56. The lowest BCUT2D eigenvalue weighted by Gasteiger charge is -2.05. The molecule has 2 heterocycles. The normalized spacial score (nSPS) is 11.1. The number of furan rings is 1. The lowest BCUT2D eigenvalue weighted by molar-refractivity contribution is 0.496. The van der Waals surface area contributed by atoms with Crippen molar-refractivity contribution in [1.29, 1.82) is 0 Å². The van der Waals surface area contributed by atoms with Crippen LogP contribution in [0.4, 0.5) is 0 Å². The molecule has 0 spiro atoms. The van der Waals surface area contributed by atoms with Gasteiger partial charge in [0.25, 0.3) is 0 Å². The molecule has 0 saturated carbocycles. The number of hydrogen-bond acceptors (Lipinski definition) is 3. The van der Waals surface area contributed by atoms with Gasteiger partial charge < -0.3 is 9.73 Å². The molecule has 0 amide bonds. The Morgan fingerprint density at radius 2 is 2.33 bits per heavy atom. The maximum absolute atomic E-state index is 5.29. The first-order valence-corrected chi connectivity index (χ1v) is 6.95. The van der Waals surface area contributed by atoms with E-state index in [2.05, 4.69) is 33.3 Å². The Balaban J connectivity index is 1.85. The molecule has 0 radical (unpaired) electrons. The van der Waals surface area contributed by atoms with Crippen LogP contribution >= 0.6 is 15.9 Å². The van der Waals surface area contributed by atoms with E-state index in [1.54, 1.807) is 6.26 Å². The lowest BCUT2D eigenvalue weighted by Crippen LogP contribution is -2.18. The van der Waals surface area contributed by atoms with Crippen molar-refractivity contribution in [2.75, 3.05) is 6.54 Å². The van der Waals surface area contributed by atoms with Gasteiger partial charge in [0.05, 0.1) is 22.1 Å². The van der Waals surface area contributed by atoms with Crippen molar-refractivity contribution in [3.05, 3.63) is 40.0 Å². The molecule has 98 valence electrons. The molecule has 2 rings (SSSR count). The number of nitrogens with one attached hydrogen (secondary N) is 1. The van der Waals surface area contributed by atoms with Gasteiger partial charge in [-0.25, -0.2) is 0 Å². The highest BCUT2D eigenvalue weighted by atomic mass is 79.9. The second kappa shape index (κ2) is 6.20. The third-order valence-corrected chi connectivity index (χ3v) is 3.84. The molecule has 0 bridgehead atoms. The predicted molar refractivity (Wildman–Crippen MR) is 74.4 cm³/mol. The van der Waals surface area contributed by atoms with Gasteiger partial charge in [-0.2, -0.15) is 5.10 Å². The number of rotatable bonds is 6. The highest BCUT2D eigenvalue weighted by molar-refractivity contribution is 9.10. The minimum atomic E-state index is 0.810. The smallest absolute Gasteiger partial charge is 0.105 e. The standard InChI is InChI=1S/C13H18BrN3O/c1-3-11-13(14)12(17(2)16-11)9-15-7-6-10-5-4-8-18-10/h4-5,8,15H,3,6-7,9H2,1-2H3. The Morgan fingerprint density at radius 3 is 2.94 bits per heavy atom. The Kier molecular flexibility index (Phi) is 4.60. The van der Waals surface area contributed by atoms with Gasteiger partial charge in [0, 0.05) is 26.6 Å². The van der Waals surface area contributed by atoms with Gasteiger partial charge in [-0.05, 0) is 34.5 Å². The van der Waals surface area contributed by atoms with Crippen LogP contribution in [0.5, 0.6) is 0 Å². The van der Waals surface area contributed by atoms with E-state index in [-0.39, 0.29) is 0 Å². The molecule has 0 aromatic carbocycles. The molecule has 0 aliphatic rings. The summed E-state index contributed by atoms with van der Waals surface area (Å²) >= 11 is 3.61. The molecule has 2 aromatic rings. The molecule has 0 aliphatic heterocycles. The number of aryl methyl sites for hydroxylation is 2. The summed E-state index contributed by atoms with van der Waals surface area (Å²) in [4.78, 5) is 0. The van der Waals surface area contributed by atoms with E-state index in [1.165, 1.54) is 5.69 Å². The Bertz CT molecular complexity index is 491. The zero-order valence-electron chi connectivity index (χ0n) is 10.7. The number of halogens is 1. The summed E-state index contributed by atoms with van der Waals surface area (Å²) in [6.45, 7) is 3.82. The van der Waals surface area contributed by atoms with Crippen molar-refractivity contribution in [3.63, 3.8) is 0 Å².